The minimum Gasteiger partial charge on any atom is -0.166 e. The van der Waals surface area contributed by atoms with E-state index < -0.39 is 11.7 Å². The van der Waals surface area contributed by atoms with Gasteiger partial charge in [-0.2, -0.15) is 13.2 Å². The Hall–Kier alpha value is -3.25. The second-order valence-electron chi connectivity index (χ2n) is 9.06. The molecule has 0 radical (unpaired) electrons. The van der Waals surface area contributed by atoms with E-state index in [4.69, 9.17) is 0 Å². The van der Waals surface area contributed by atoms with E-state index in [0.717, 1.165) is 30.5 Å². The van der Waals surface area contributed by atoms with Gasteiger partial charge in [0.25, 0.3) is 0 Å². The van der Waals surface area contributed by atoms with Crippen LogP contribution in [-0.2, 0) is 12.6 Å². The first kappa shape index (κ1) is 23.9. The Morgan fingerprint density at radius 1 is 0.706 bits per heavy atom. The Labute approximate surface area is 200 Å². The molecule has 1 saturated carbocycles. The lowest BCUT2D eigenvalue weighted by Gasteiger charge is -2.29. The zero-order valence-corrected chi connectivity index (χ0v) is 19.2. The molecule has 4 rings (SSSR count). The third kappa shape index (κ3) is 6.20. The van der Waals surface area contributed by atoms with Crippen LogP contribution in [0, 0.1) is 11.8 Å². The van der Waals surface area contributed by atoms with E-state index in [1.54, 1.807) is 0 Å². The highest BCUT2D eigenvalue weighted by molar-refractivity contribution is 5.44. The van der Waals surface area contributed by atoms with Crippen molar-refractivity contribution in [2.45, 2.75) is 56.5 Å². The zero-order valence-electron chi connectivity index (χ0n) is 19.2. The van der Waals surface area contributed by atoms with Crippen molar-refractivity contribution in [3.05, 3.63) is 119 Å². The lowest BCUT2D eigenvalue weighted by atomic mass is 9.76. The summed E-state index contributed by atoms with van der Waals surface area (Å²) in [6, 6.07) is 22.4. The number of rotatable bonds is 5. The number of aryl methyl sites for hydroxylation is 1. The third-order valence-corrected chi connectivity index (χ3v) is 6.76. The van der Waals surface area contributed by atoms with Gasteiger partial charge in [0.2, 0.25) is 0 Å². The van der Waals surface area contributed by atoms with Gasteiger partial charge in [0.1, 0.15) is 0 Å². The van der Waals surface area contributed by atoms with Gasteiger partial charge in [0.15, 0.2) is 0 Å². The average Bonchev–Trinajstić information content (AvgIpc) is 2.87. The molecule has 174 valence electrons. The minimum atomic E-state index is -4.32. The van der Waals surface area contributed by atoms with E-state index in [2.05, 4.69) is 54.8 Å². The molecule has 0 unspecified atom stereocenters. The largest absolute Gasteiger partial charge is 0.416 e. The van der Waals surface area contributed by atoms with Crippen molar-refractivity contribution in [3.63, 3.8) is 0 Å². The van der Waals surface area contributed by atoms with E-state index in [1.807, 2.05) is 18.2 Å². The number of halogens is 3. The second kappa shape index (κ2) is 10.8. The van der Waals surface area contributed by atoms with Crippen LogP contribution in [-0.4, -0.2) is 0 Å². The molecule has 34 heavy (non-hydrogen) atoms. The van der Waals surface area contributed by atoms with Gasteiger partial charge in [0, 0.05) is 11.1 Å². The summed E-state index contributed by atoms with van der Waals surface area (Å²) in [4.78, 5) is 0. The van der Waals surface area contributed by atoms with Gasteiger partial charge in [0.05, 0.1) is 5.56 Å². The lowest BCUT2D eigenvalue weighted by Crippen LogP contribution is -2.12. The minimum absolute atomic E-state index is 0.569. The number of alkyl halides is 3. The molecule has 0 spiro atoms. The van der Waals surface area contributed by atoms with E-state index in [1.165, 1.54) is 54.5 Å². The van der Waals surface area contributed by atoms with Crippen LogP contribution in [0.4, 0.5) is 13.2 Å². The predicted molar refractivity (Wildman–Crippen MR) is 133 cm³/mol. The maximum atomic E-state index is 12.7. The smallest absolute Gasteiger partial charge is 0.166 e. The summed E-state index contributed by atoms with van der Waals surface area (Å²) in [7, 11) is 0. The summed E-state index contributed by atoms with van der Waals surface area (Å²) in [5.41, 5.74) is 4.96. The zero-order chi connectivity index (χ0) is 24.0. The molecule has 0 N–H and O–H groups in total. The van der Waals surface area contributed by atoms with Gasteiger partial charge in [-0.05, 0) is 103 Å². The van der Waals surface area contributed by atoms with Crippen LogP contribution in [0.2, 0.25) is 0 Å². The Bertz CT molecular complexity index is 1130. The van der Waals surface area contributed by atoms with Crippen LogP contribution in [0.25, 0.3) is 0 Å². The molecule has 0 nitrogen and oxygen atoms in total. The Morgan fingerprint density at radius 2 is 1.15 bits per heavy atom. The highest BCUT2D eigenvalue weighted by atomic mass is 19.4. The van der Waals surface area contributed by atoms with Crippen molar-refractivity contribution in [1.29, 1.82) is 0 Å². The molecule has 0 heterocycles. The van der Waals surface area contributed by atoms with Crippen molar-refractivity contribution in [1.82, 2.24) is 0 Å². The summed E-state index contributed by atoms with van der Waals surface area (Å²) in [6.07, 6.45) is 4.48. The fraction of sp³-hybridized carbons (Fsp3) is 0.290. The van der Waals surface area contributed by atoms with Gasteiger partial charge < -0.3 is 0 Å². The van der Waals surface area contributed by atoms with Gasteiger partial charge in [-0.25, -0.2) is 0 Å². The summed E-state index contributed by atoms with van der Waals surface area (Å²) in [6.45, 7) is 3.80. The first-order valence-electron chi connectivity index (χ1n) is 11.9. The first-order chi connectivity index (χ1) is 16.4. The van der Waals surface area contributed by atoms with Crippen LogP contribution in [0.3, 0.4) is 0 Å². The maximum absolute atomic E-state index is 12.7. The lowest BCUT2D eigenvalue weighted by molar-refractivity contribution is -0.137. The summed E-state index contributed by atoms with van der Waals surface area (Å²) < 4.78 is 38.0. The third-order valence-electron chi connectivity index (χ3n) is 6.76. The standard InChI is InChI=1S/C31H29F3/c1-2-3-4-23-7-13-26(14-8-23)28-17-19-29(20-18-28)27-15-9-24(10-16-27)5-6-25-11-21-30(22-12-25)31(32,33)34/h2,7-16,21-22,28-29H,1,3-4,17-20H2/t28-,29-. The molecule has 3 heteroatoms. The molecular formula is C31H29F3. The number of hydrogen-bond donors (Lipinski definition) is 0. The molecule has 0 saturated heterocycles. The van der Waals surface area contributed by atoms with E-state index in [-0.39, 0.29) is 0 Å². The van der Waals surface area contributed by atoms with Crippen molar-refractivity contribution in [2.75, 3.05) is 0 Å². The molecule has 1 aliphatic rings. The predicted octanol–water partition coefficient (Wildman–Crippen LogP) is 8.67. The fourth-order valence-corrected chi connectivity index (χ4v) is 4.71. The topological polar surface area (TPSA) is 0 Å². The van der Waals surface area contributed by atoms with Crippen molar-refractivity contribution in [3.8, 4) is 11.8 Å². The molecule has 3 aromatic rings. The highest BCUT2D eigenvalue weighted by Crippen LogP contribution is 2.40. The second-order valence-corrected chi connectivity index (χ2v) is 9.06. The van der Waals surface area contributed by atoms with Crippen LogP contribution in [0.1, 0.15) is 77.3 Å². The summed E-state index contributed by atoms with van der Waals surface area (Å²) in [5.74, 6) is 7.22. The van der Waals surface area contributed by atoms with E-state index in [9.17, 15) is 13.2 Å². The first-order valence-corrected chi connectivity index (χ1v) is 11.9. The number of allylic oxidation sites excluding steroid dienone is 1. The molecule has 1 fully saturated rings. The molecule has 3 aromatic carbocycles. The number of benzene rings is 3. The molecule has 0 aromatic heterocycles. The van der Waals surface area contributed by atoms with Crippen LogP contribution in [0.5, 0.6) is 0 Å². The van der Waals surface area contributed by atoms with Crippen molar-refractivity contribution in [2.24, 2.45) is 0 Å². The monoisotopic (exact) mass is 458 g/mol. The van der Waals surface area contributed by atoms with Gasteiger partial charge in [-0.1, -0.05) is 54.3 Å². The molecule has 0 atom stereocenters. The van der Waals surface area contributed by atoms with Gasteiger partial charge in [-0.3, -0.25) is 0 Å². The maximum Gasteiger partial charge on any atom is 0.416 e. The van der Waals surface area contributed by atoms with Crippen LogP contribution < -0.4 is 0 Å². The molecule has 0 amide bonds. The number of hydrogen-bond acceptors (Lipinski definition) is 0. The normalized spacial score (nSPS) is 18.1. The van der Waals surface area contributed by atoms with Gasteiger partial charge in [-0.15, -0.1) is 6.58 Å². The van der Waals surface area contributed by atoms with Gasteiger partial charge >= 0.3 is 6.18 Å². The van der Waals surface area contributed by atoms with Crippen molar-refractivity contribution >= 4 is 0 Å². The Balaban J connectivity index is 1.32. The average molecular weight is 459 g/mol. The SMILES string of the molecule is C=CCCc1ccc([C@H]2CC[C@H](c3ccc(C#Cc4ccc(C(F)(F)F)cc4)cc3)CC2)cc1. The molecule has 1 aliphatic carbocycles. The van der Waals surface area contributed by atoms with E-state index in [0.29, 0.717) is 17.4 Å². The fourth-order valence-electron chi connectivity index (χ4n) is 4.71. The van der Waals surface area contributed by atoms with Crippen LogP contribution in [0.15, 0.2) is 85.5 Å². The molecule has 0 aliphatic heterocycles. The quantitative estimate of drug-likeness (QED) is 0.265. The van der Waals surface area contributed by atoms with Crippen LogP contribution >= 0.6 is 0 Å². The Morgan fingerprint density at radius 3 is 1.59 bits per heavy atom. The van der Waals surface area contributed by atoms with Crippen molar-refractivity contribution < 1.29 is 13.2 Å². The van der Waals surface area contributed by atoms with E-state index >= 15 is 0 Å². The Kier molecular flexibility index (Phi) is 7.58. The summed E-state index contributed by atoms with van der Waals surface area (Å²) >= 11 is 0. The molecular weight excluding hydrogens is 429 g/mol. The highest BCUT2D eigenvalue weighted by Gasteiger charge is 2.29. The molecule has 0 bridgehead atoms. The summed E-state index contributed by atoms with van der Waals surface area (Å²) in [5, 5.41) is 0.